The zero-order valence-electron chi connectivity index (χ0n) is 16.5. The van der Waals surface area contributed by atoms with Crippen LogP contribution < -0.4 is 0 Å². The number of hydrogen-bond donors (Lipinski definition) is 0. The third-order valence-corrected chi connectivity index (χ3v) is 7.13. The van der Waals surface area contributed by atoms with E-state index in [-0.39, 0.29) is 12.3 Å². The molecular formula is C23H21BrF2N2OS. The number of nitrogens with zero attached hydrogens (tertiary/aromatic N) is 2. The van der Waals surface area contributed by atoms with E-state index >= 15 is 0 Å². The molecule has 0 bridgehead atoms. The molecule has 3 nitrogen and oxygen atoms in total. The van der Waals surface area contributed by atoms with Crippen molar-refractivity contribution in [2.45, 2.75) is 32.1 Å². The lowest BCUT2D eigenvalue weighted by Crippen LogP contribution is -2.38. The van der Waals surface area contributed by atoms with Crippen molar-refractivity contribution in [3.63, 3.8) is 0 Å². The maximum absolute atomic E-state index is 13.4. The number of amides is 1. The Labute approximate surface area is 186 Å². The first-order valence-corrected chi connectivity index (χ1v) is 11.5. The van der Waals surface area contributed by atoms with Crippen molar-refractivity contribution in [2.24, 2.45) is 0 Å². The Morgan fingerprint density at radius 2 is 1.83 bits per heavy atom. The first kappa shape index (κ1) is 21.1. The van der Waals surface area contributed by atoms with Gasteiger partial charge in [-0.1, -0.05) is 34.1 Å². The van der Waals surface area contributed by atoms with Crippen molar-refractivity contribution in [2.75, 3.05) is 13.1 Å². The number of likely N-dealkylation sites (tertiary alicyclic amines) is 1. The van der Waals surface area contributed by atoms with Gasteiger partial charge < -0.3 is 4.90 Å². The number of halogens is 3. The summed E-state index contributed by atoms with van der Waals surface area (Å²) >= 11 is 5.20. The van der Waals surface area contributed by atoms with E-state index in [2.05, 4.69) is 35.0 Å². The van der Waals surface area contributed by atoms with E-state index in [0.717, 1.165) is 45.7 Å². The van der Waals surface area contributed by atoms with Gasteiger partial charge in [-0.2, -0.15) is 0 Å². The molecular weight excluding hydrogens is 470 g/mol. The van der Waals surface area contributed by atoms with E-state index < -0.39 is 11.6 Å². The van der Waals surface area contributed by atoms with Crippen LogP contribution >= 0.6 is 27.3 Å². The Hall–Kier alpha value is -2.12. The molecule has 1 fully saturated rings. The molecule has 1 aliphatic rings. The van der Waals surface area contributed by atoms with E-state index in [0.29, 0.717) is 24.6 Å². The van der Waals surface area contributed by atoms with Gasteiger partial charge in [0.2, 0.25) is 5.91 Å². The van der Waals surface area contributed by atoms with E-state index in [1.165, 1.54) is 10.9 Å². The molecule has 0 saturated carbocycles. The summed E-state index contributed by atoms with van der Waals surface area (Å²) in [4.78, 5) is 20.5. The summed E-state index contributed by atoms with van der Waals surface area (Å²) in [7, 11) is 0. The molecule has 0 unspecified atom stereocenters. The molecule has 2 aromatic carbocycles. The van der Waals surface area contributed by atoms with Crippen molar-refractivity contribution >= 4 is 33.2 Å². The largest absolute Gasteiger partial charge is 0.342 e. The predicted molar refractivity (Wildman–Crippen MR) is 119 cm³/mol. The maximum atomic E-state index is 13.4. The number of carbonyl (C=O) groups excluding carboxylic acids is 1. The number of thiazole rings is 1. The van der Waals surface area contributed by atoms with Crippen LogP contribution in [0.1, 0.15) is 34.2 Å². The minimum Gasteiger partial charge on any atom is -0.342 e. The summed E-state index contributed by atoms with van der Waals surface area (Å²) in [5.41, 5.74) is 2.63. The molecule has 30 heavy (non-hydrogen) atoms. The van der Waals surface area contributed by atoms with Crippen molar-refractivity contribution in [1.29, 1.82) is 0 Å². The first-order chi connectivity index (χ1) is 14.4. The van der Waals surface area contributed by atoms with Gasteiger partial charge in [-0.15, -0.1) is 11.3 Å². The van der Waals surface area contributed by atoms with E-state index in [1.54, 1.807) is 11.3 Å². The second kappa shape index (κ2) is 8.94. The molecule has 0 N–H and O–H groups in total. The predicted octanol–water partition coefficient (Wildman–Crippen LogP) is 6.11. The summed E-state index contributed by atoms with van der Waals surface area (Å²) in [6, 6.07) is 11.8. The van der Waals surface area contributed by atoms with Gasteiger partial charge in [0.15, 0.2) is 11.6 Å². The molecule has 3 aromatic rings. The summed E-state index contributed by atoms with van der Waals surface area (Å²) in [6.45, 7) is 3.40. The Morgan fingerprint density at radius 3 is 2.50 bits per heavy atom. The maximum Gasteiger partial charge on any atom is 0.226 e. The molecule has 7 heteroatoms. The van der Waals surface area contributed by atoms with Crippen LogP contribution in [0, 0.1) is 18.6 Å². The molecule has 1 aliphatic heterocycles. The normalized spacial score (nSPS) is 14.9. The second-order valence-electron chi connectivity index (χ2n) is 7.54. The molecule has 1 saturated heterocycles. The van der Waals surface area contributed by atoms with Gasteiger partial charge in [-0.05, 0) is 49.6 Å². The zero-order chi connectivity index (χ0) is 21.3. The summed E-state index contributed by atoms with van der Waals surface area (Å²) < 4.78 is 27.5. The summed E-state index contributed by atoms with van der Waals surface area (Å²) in [6.07, 6.45) is 1.80. The lowest BCUT2D eigenvalue weighted by molar-refractivity contribution is -0.131. The molecule has 156 valence electrons. The average Bonchev–Trinajstić information content (AvgIpc) is 3.13. The number of piperidine rings is 1. The standard InChI is InChI=1S/C23H21BrF2N2OS/c1-14-22(16-3-5-18(24)6-4-16)27-23(30-14)17-8-10-28(11-9-17)21(29)13-15-2-7-19(25)20(26)12-15/h2-7,12,17H,8-11,13H2,1H3. The van der Waals surface area contributed by atoms with Gasteiger partial charge in [0.25, 0.3) is 0 Å². The van der Waals surface area contributed by atoms with E-state index in [4.69, 9.17) is 4.98 Å². The third kappa shape index (κ3) is 4.62. The van der Waals surface area contributed by atoms with Gasteiger partial charge in [-0.3, -0.25) is 4.79 Å². The van der Waals surface area contributed by atoms with Gasteiger partial charge >= 0.3 is 0 Å². The number of aryl methyl sites for hydroxylation is 1. The molecule has 2 heterocycles. The lowest BCUT2D eigenvalue weighted by atomic mass is 9.97. The van der Waals surface area contributed by atoms with Crippen LogP contribution in [0.5, 0.6) is 0 Å². The number of rotatable bonds is 4. The average molecular weight is 491 g/mol. The fourth-order valence-electron chi connectivity index (χ4n) is 3.78. The lowest BCUT2D eigenvalue weighted by Gasteiger charge is -2.31. The second-order valence-corrected chi connectivity index (χ2v) is 9.69. The highest BCUT2D eigenvalue weighted by Gasteiger charge is 2.26. The fraction of sp³-hybridized carbons (Fsp3) is 0.304. The highest BCUT2D eigenvalue weighted by atomic mass is 79.9. The monoisotopic (exact) mass is 490 g/mol. The number of hydrogen-bond acceptors (Lipinski definition) is 3. The highest BCUT2D eigenvalue weighted by Crippen LogP contribution is 2.36. The molecule has 0 aliphatic carbocycles. The number of aromatic nitrogens is 1. The SMILES string of the molecule is Cc1sc(C2CCN(C(=O)Cc3ccc(F)c(F)c3)CC2)nc1-c1ccc(Br)cc1. The Morgan fingerprint density at radius 1 is 1.13 bits per heavy atom. The fourth-order valence-corrected chi connectivity index (χ4v) is 5.16. The smallest absolute Gasteiger partial charge is 0.226 e. The van der Waals surface area contributed by atoms with Crippen LogP contribution in [0.15, 0.2) is 46.9 Å². The van der Waals surface area contributed by atoms with Crippen LogP contribution in [0.4, 0.5) is 8.78 Å². The van der Waals surface area contributed by atoms with Crippen molar-refractivity contribution < 1.29 is 13.6 Å². The molecule has 1 aromatic heterocycles. The van der Waals surface area contributed by atoms with Gasteiger partial charge in [0.05, 0.1) is 17.1 Å². The Kier molecular flexibility index (Phi) is 6.29. The molecule has 0 atom stereocenters. The Balaban J connectivity index is 1.38. The van der Waals surface area contributed by atoms with E-state index in [1.807, 2.05) is 17.0 Å². The first-order valence-electron chi connectivity index (χ1n) is 9.85. The zero-order valence-corrected chi connectivity index (χ0v) is 18.9. The van der Waals surface area contributed by atoms with Crippen LogP contribution in [0.25, 0.3) is 11.3 Å². The van der Waals surface area contributed by atoms with E-state index in [9.17, 15) is 13.6 Å². The Bertz CT molecular complexity index is 1060. The van der Waals surface area contributed by atoms with Crippen LogP contribution in [0.3, 0.4) is 0 Å². The van der Waals surface area contributed by atoms with Gasteiger partial charge in [-0.25, -0.2) is 13.8 Å². The number of benzene rings is 2. The summed E-state index contributed by atoms with van der Waals surface area (Å²) in [5.74, 6) is -1.52. The van der Waals surface area contributed by atoms with Crippen LogP contribution in [0.2, 0.25) is 0 Å². The molecule has 0 spiro atoms. The third-order valence-electron chi connectivity index (χ3n) is 5.47. The minimum absolute atomic E-state index is 0.0506. The summed E-state index contributed by atoms with van der Waals surface area (Å²) in [5, 5.41) is 1.12. The van der Waals surface area contributed by atoms with Gasteiger partial charge in [0, 0.05) is 33.9 Å². The number of carbonyl (C=O) groups is 1. The van der Waals surface area contributed by atoms with Crippen LogP contribution in [-0.2, 0) is 11.2 Å². The molecule has 4 rings (SSSR count). The molecule has 0 radical (unpaired) electrons. The highest BCUT2D eigenvalue weighted by molar-refractivity contribution is 9.10. The van der Waals surface area contributed by atoms with Crippen molar-refractivity contribution in [3.8, 4) is 11.3 Å². The van der Waals surface area contributed by atoms with Crippen molar-refractivity contribution in [1.82, 2.24) is 9.88 Å². The van der Waals surface area contributed by atoms with Crippen LogP contribution in [-0.4, -0.2) is 28.9 Å². The van der Waals surface area contributed by atoms with Gasteiger partial charge in [0.1, 0.15) is 0 Å². The molecule has 1 amide bonds. The minimum atomic E-state index is -0.917. The quantitative estimate of drug-likeness (QED) is 0.442. The topological polar surface area (TPSA) is 33.2 Å². The van der Waals surface area contributed by atoms with Crippen molar-refractivity contribution in [3.05, 3.63) is 74.0 Å².